The van der Waals surface area contributed by atoms with E-state index in [4.69, 9.17) is 34.3 Å². The van der Waals surface area contributed by atoms with Gasteiger partial charge in [0.25, 0.3) is 0 Å². The number of benzene rings is 1. The van der Waals surface area contributed by atoms with Crippen molar-refractivity contribution in [3.05, 3.63) is 34.3 Å². The molecule has 1 unspecified atom stereocenters. The average Bonchev–Trinajstić information content (AvgIpc) is 2.37. The first-order valence-electron chi connectivity index (χ1n) is 6.30. The van der Waals surface area contributed by atoms with E-state index in [1.807, 2.05) is 18.2 Å². The highest BCUT2D eigenvalue weighted by molar-refractivity contribution is 7.80. The summed E-state index contributed by atoms with van der Waals surface area (Å²) in [7, 11) is 1.72. The van der Waals surface area contributed by atoms with Crippen LogP contribution in [0.3, 0.4) is 0 Å². The summed E-state index contributed by atoms with van der Waals surface area (Å²) in [6, 6.07) is 6.08. The van der Waals surface area contributed by atoms with Gasteiger partial charge in [0.05, 0.1) is 6.61 Å². The van der Waals surface area contributed by atoms with Crippen LogP contribution in [0.5, 0.6) is 0 Å². The Bertz CT molecular complexity index is 439. The van der Waals surface area contributed by atoms with E-state index in [1.165, 1.54) is 0 Å². The molecule has 0 aromatic heterocycles. The van der Waals surface area contributed by atoms with E-state index in [-0.39, 0.29) is 0 Å². The molecule has 19 heavy (non-hydrogen) atoms. The molecular formula is C14H21ClN2OS. The van der Waals surface area contributed by atoms with Crippen LogP contribution in [0.2, 0.25) is 5.02 Å². The van der Waals surface area contributed by atoms with Crippen LogP contribution in [0.25, 0.3) is 0 Å². The fourth-order valence-corrected chi connectivity index (χ4v) is 2.34. The Morgan fingerprint density at radius 3 is 2.68 bits per heavy atom. The van der Waals surface area contributed by atoms with Gasteiger partial charge in [0.2, 0.25) is 0 Å². The Labute approximate surface area is 125 Å². The Balaban J connectivity index is 2.83. The molecule has 0 amide bonds. The van der Waals surface area contributed by atoms with Gasteiger partial charge in [-0.25, -0.2) is 0 Å². The van der Waals surface area contributed by atoms with E-state index < -0.39 is 0 Å². The van der Waals surface area contributed by atoms with Crippen molar-refractivity contribution in [2.75, 3.05) is 20.3 Å². The molecule has 1 aromatic carbocycles. The average molecular weight is 301 g/mol. The van der Waals surface area contributed by atoms with Crippen LogP contribution in [0.15, 0.2) is 18.2 Å². The Morgan fingerprint density at radius 1 is 1.53 bits per heavy atom. The highest BCUT2D eigenvalue weighted by Gasteiger charge is 2.14. The van der Waals surface area contributed by atoms with E-state index in [0.29, 0.717) is 22.7 Å². The fraction of sp³-hybridized carbons (Fsp3) is 0.500. The summed E-state index contributed by atoms with van der Waals surface area (Å²) in [6.07, 6.45) is 0. The van der Waals surface area contributed by atoms with Gasteiger partial charge in [0.1, 0.15) is 4.99 Å². The molecule has 5 heteroatoms. The van der Waals surface area contributed by atoms with Crippen molar-refractivity contribution < 1.29 is 4.74 Å². The molecule has 106 valence electrons. The van der Waals surface area contributed by atoms with Gasteiger partial charge < -0.3 is 10.5 Å². The molecule has 2 N–H and O–H groups in total. The summed E-state index contributed by atoms with van der Waals surface area (Å²) in [5.41, 5.74) is 7.47. The lowest BCUT2D eigenvalue weighted by molar-refractivity contribution is 0.0982. The Kier molecular flexibility index (Phi) is 6.72. The van der Waals surface area contributed by atoms with Gasteiger partial charge in [-0.3, -0.25) is 4.90 Å². The van der Waals surface area contributed by atoms with Gasteiger partial charge in [0.15, 0.2) is 0 Å². The smallest absolute Gasteiger partial charge is 0.104 e. The predicted molar refractivity (Wildman–Crippen MR) is 84.8 cm³/mol. The minimum Gasteiger partial charge on any atom is -0.389 e. The zero-order valence-electron chi connectivity index (χ0n) is 11.6. The molecule has 1 rings (SSSR count). The number of hydrogen-bond donors (Lipinski definition) is 1. The molecule has 0 radical (unpaired) electrons. The molecule has 0 heterocycles. The van der Waals surface area contributed by atoms with Crippen LogP contribution in [0.4, 0.5) is 0 Å². The third-order valence-corrected chi connectivity index (χ3v) is 3.74. The minimum atomic E-state index is 0.348. The number of halogens is 1. The lowest BCUT2D eigenvalue weighted by atomic mass is 10.1. The lowest BCUT2D eigenvalue weighted by Gasteiger charge is -2.27. The third-order valence-electron chi connectivity index (χ3n) is 3.15. The number of methoxy groups -OCH3 is 1. The standard InChI is InChI=1S/C14H21ClN2OS/c1-4-17(10(2)9-18-3)8-12-6-5-11(14(16)19)7-13(12)15/h5-7,10H,4,8-9H2,1-3H3,(H2,16,19). The number of nitrogens with two attached hydrogens (primary N) is 1. The number of likely N-dealkylation sites (N-methyl/N-ethyl adjacent to an activating group) is 1. The van der Waals surface area contributed by atoms with Crippen LogP contribution in [0.1, 0.15) is 25.0 Å². The number of hydrogen-bond acceptors (Lipinski definition) is 3. The lowest BCUT2D eigenvalue weighted by Crippen LogP contribution is -2.35. The second-order valence-corrected chi connectivity index (χ2v) is 5.38. The normalized spacial score (nSPS) is 12.7. The van der Waals surface area contributed by atoms with E-state index in [2.05, 4.69) is 18.7 Å². The molecule has 0 saturated carbocycles. The Morgan fingerprint density at radius 2 is 2.21 bits per heavy atom. The summed E-state index contributed by atoms with van der Waals surface area (Å²) in [5, 5.41) is 0.702. The molecule has 0 aliphatic carbocycles. The number of rotatable bonds is 7. The molecule has 1 atom stereocenters. The van der Waals surface area contributed by atoms with Gasteiger partial charge in [-0.1, -0.05) is 42.9 Å². The highest BCUT2D eigenvalue weighted by atomic mass is 35.5. The highest BCUT2D eigenvalue weighted by Crippen LogP contribution is 2.20. The summed E-state index contributed by atoms with van der Waals surface area (Å²) in [4.78, 5) is 2.68. The molecular weight excluding hydrogens is 280 g/mol. The van der Waals surface area contributed by atoms with E-state index in [9.17, 15) is 0 Å². The van der Waals surface area contributed by atoms with E-state index >= 15 is 0 Å². The predicted octanol–water partition coefficient (Wildman–Crippen LogP) is 2.83. The molecule has 0 fully saturated rings. The molecule has 3 nitrogen and oxygen atoms in total. The first-order chi connectivity index (χ1) is 8.99. The third kappa shape index (κ3) is 4.73. The Hall–Kier alpha value is -0.680. The van der Waals surface area contributed by atoms with Gasteiger partial charge in [0, 0.05) is 30.3 Å². The van der Waals surface area contributed by atoms with Gasteiger partial charge in [-0.2, -0.15) is 0 Å². The van der Waals surface area contributed by atoms with Crippen LogP contribution in [-0.4, -0.2) is 36.2 Å². The number of nitrogens with zero attached hydrogens (tertiary/aromatic N) is 1. The fourth-order valence-electron chi connectivity index (χ4n) is 1.97. The van der Waals surface area contributed by atoms with Gasteiger partial charge in [-0.15, -0.1) is 0 Å². The molecule has 0 spiro atoms. The number of thiocarbonyl (C=S) groups is 1. The van der Waals surface area contributed by atoms with Crippen LogP contribution in [-0.2, 0) is 11.3 Å². The maximum Gasteiger partial charge on any atom is 0.104 e. The van der Waals surface area contributed by atoms with Crippen molar-refractivity contribution in [2.45, 2.75) is 26.4 Å². The van der Waals surface area contributed by atoms with Crippen molar-refractivity contribution in [1.29, 1.82) is 0 Å². The summed E-state index contributed by atoms with van der Waals surface area (Å²) < 4.78 is 5.20. The number of ether oxygens (including phenoxy) is 1. The zero-order chi connectivity index (χ0) is 14.4. The van der Waals surface area contributed by atoms with E-state index in [0.717, 1.165) is 24.2 Å². The first-order valence-corrected chi connectivity index (χ1v) is 7.09. The zero-order valence-corrected chi connectivity index (χ0v) is 13.2. The minimum absolute atomic E-state index is 0.348. The topological polar surface area (TPSA) is 38.5 Å². The quantitative estimate of drug-likeness (QED) is 0.786. The summed E-state index contributed by atoms with van der Waals surface area (Å²) in [6.45, 7) is 6.71. The van der Waals surface area contributed by atoms with Crippen LogP contribution < -0.4 is 5.73 Å². The summed E-state index contributed by atoms with van der Waals surface area (Å²) in [5.74, 6) is 0. The molecule has 1 aromatic rings. The second kappa shape index (κ2) is 7.80. The van der Waals surface area contributed by atoms with Gasteiger partial charge >= 0.3 is 0 Å². The molecule has 0 saturated heterocycles. The SMILES string of the molecule is CCN(Cc1ccc(C(N)=S)cc1Cl)C(C)COC. The summed E-state index contributed by atoms with van der Waals surface area (Å²) >= 11 is 11.2. The second-order valence-electron chi connectivity index (χ2n) is 4.54. The van der Waals surface area contributed by atoms with Crippen molar-refractivity contribution in [3.63, 3.8) is 0 Å². The molecule has 0 aliphatic rings. The first kappa shape index (κ1) is 16.4. The largest absolute Gasteiger partial charge is 0.389 e. The maximum absolute atomic E-state index is 6.28. The van der Waals surface area contributed by atoms with Crippen LogP contribution in [0, 0.1) is 0 Å². The molecule has 0 aliphatic heterocycles. The van der Waals surface area contributed by atoms with Crippen molar-refractivity contribution in [1.82, 2.24) is 4.90 Å². The van der Waals surface area contributed by atoms with Gasteiger partial charge in [-0.05, 0) is 25.1 Å². The van der Waals surface area contributed by atoms with Crippen LogP contribution >= 0.6 is 23.8 Å². The molecule has 0 bridgehead atoms. The maximum atomic E-state index is 6.28. The van der Waals surface area contributed by atoms with Crippen molar-refractivity contribution in [2.24, 2.45) is 5.73 Å². The van der Waals surface area contributed by atoms with E-state index in [1.54, 1.807) is 7.11 Å². The van der Waals surface area contributed by atoms with Crippen molar-refractivity contribution >= 4 is 28.8 Å². The van der Waals surface area contributed by atoms with Crippen molar-refractivity contribution in [3.8, 4) is 0 Å². The monoisotopic (exact) mass is 300 g/mol.